The third-order valence-electron chi connectivity index (χ3n) is 5.35. The van der Waals surface area contributed by atoms with E-state index in [1.807, 2.05) is 61.0 Å². The highest BCUT2D eigenvalue weighted by Crippen LogP contribution is 2.34. The number of thiophene rings is 1. The highest BCUT2D eigenvalue weighted by atomic mass is 32.1. The predicted molar refractivity (Wildman–Crippen MR) is 132 cm³/mol. The Labute approximate surface area is 197 Å². The quantitative estimate of drug-likeness (QED) is 0.341. The summed E-state index contributed by atoms with van der Waals surface area (Å²) in [6.07, 6.45) is 0.359. The minimum atomic E-state index is -0.836. The van der Waals surface area contributed by atoms with E-state index in [4.69, 9.17) is 27.4 Å². The summed E-state index contributed by atoms with van der Waals surface area (Å²) in [5, 5.41) is 13.7. The first-order valence-electron chi connectivity index (χ1n) is 10.4. The number of benzene rings is 2. The van der Waals surface area contributed by atoms with Gasteiger partial charge in [-0.15, -0.1) is 0 Å². The van der Waals surface area contributed by atoms with Crippen LogP contribution in [0.5, 0.6) is 11.5 Å². The molecule has 2 unspecified atom stereocenters. The molecule has 7 heteroatoms. The van der Waals surface area contributed by atoms with E-state index in [0.717, 1.165) is 16.7 Å². The van der Waals surface area contributed by atoms with Gasteiger partial charge in [0.25, 0.3) is 0 Å². The molecule has 0 aliphatic heterocycles. The molecule has 3 N–H and O–H groups in total. The number of thiocarbonyl (C=S) groups is 1. The Morgan fingerprint density at radius 3 is 2.62 bits per heavy atom. The summed E-state index contributed by atoms with van der Waals surface area (Å²) in [4.78, 5) is 12.0. The zero-order valence-corrected chi connectivity index (χ0v) is 19.7. The number of hydrogen-bond acceptors (Lipinski definition) is 5. The maximum absolute atomic E-state index is 11.7. The largest absolute Gasteiger partial charge is 0.489 e. The van der Waals surface area contributed by atoms with E-state index in [2.05, 4.69) is 0 Å². The van der Waals surface area contributed by atoms with Crippen LogP contribution in [0.3, 0.4) is 0 Å². The second kappa shape index (κ2) is 11.1. The molecule has 0 fully saturated rings. The summed E-state index contributed by atoms with van der Waals surface area (Å²) in [6, 6.07) is 15.2. The third-order valence-corrected chi connectivity index (χ3v) is 6.30. The molecule has 1 heterocycles. The van der Waals surface area contributed by atoms with E-state index in [1.54, 1.807) is 23.5 Å². The van der Waals surface area contributed by atoms with Crippen molar-refractivity contribution in [3.05, 3.63) is 81.5 Å². The first kappa shape index (κ1) is 23.8. The van der Waals surface area contributed by atoms with Crippen molar-refractivity contribution in [3.63, 3.8) is 0 Å². The zero-order chi connectivity index (χ0) is 23.1. The van der Waals surface area contributed by atoms with Crippen molar-refractivity contribution in [2.45, 2.75) is 39.4 Å². The van der Waals surface area contributed by atoms with Crippen LogP contribution in [0.4, 0.5) is 0 Å². The lowest BCUT2D eigenvalue weighted by Gasteiger charge is -2.25. The van der Waals surface area contributed by atoms with Crippen LogP contribution in [-0.2, 0) is 11.4 Å². The average molecular weight is 470 g/mol. The van der Waals surface area contributed by atoms with Gasteiger partial charge in [-0.1, -0.05) is 43.4 Å². The SMILES string of the molecule is CCC(CC(Oc1cc(OCc2ccsc2)ccc1C(N)=S)c1ccccc1C)C(=O)O. The van der Waals surface area contributed by atoms with Crippen LogP contribution >= 0.6 is 23.6 Å². The van der Waals surface area contributed by atoms with Crippen LogP contribution in [0, 0.1) is 12.8 Å². The van der Waals surface area contributed by atoms with Crippen molar-refractivity contribution in [1.82, 2.24) is 0 Å². The molecule has 32 heavy (non-hydrogen) atoms. The molecule has 3 rings (SSSR count). The summed E-state index contributed by atoms with van der Waals surface area (Å²) in [5.74, 6) is -0.267. The van der Waals surface area contributed by atoms with Gasteiger partial charge in [-0.2, -0.15) is 11.3 Å². The molecule has 0 saturated carbocycles. The second-order valence-corrected chi connectivity index (χ2v) is 8.80. The summed E-state index contributed by atoms with van der Waals surface area (Å²) in [6.45, 7) is 4.29. The molecule has 0 amide bonds. The molecule has 1 aromatic heterocycles. The van der Waals surface area contributed by atoms with Gasteiger partial charge in [0.1, 0.15) is 29.2 Å². The van der Waals surface area contributed by atoms with Gasteiger partial charge >= 0.3 is 5.97 Å². The molecule has 2 aromatic carbocycles. The lowest BCUT2D eigenvalue weighted by Crippen LogP contribution is -2.21. The summed E-state index contributed by atoms with van der Waals surface area (Å²) in [5.41, 5.74) is 9.59. The van der Waals surface area contributed by atoms with Crippen molar-refractivity contribution in [2.24, 2.45) is 11.7 Å². The molecule has 0 spiro atoms. The summed E-state index contributed by atoms with van der Waals surface area (Å²) in [7, 11) is 0. The number of aliphatic carboxylic acids is 1. The van der Waals surface area contributed by atoms with Crippen LogP contribution < -0.4 is 15.2 Å². The number of hydrogen-bond donors (Lipinski definition) is 2. The first-order chi connectivity index (χ1) is 15.4. The first-order valence-corrected chi connectivity index (χ1v) is 11.8. The minimum absolute atomic E-state index is 0.207. The number of carboxylic acid groups (broad SMARTS) is 1. The fraction of sp³-hybridized carbons (Fsp3) is 0.280. The van der Waals surface area contributed by atoms with Crippen LogP contribution in [0.25, 0.3) is 0 Å². The third kappa shape index (κ3) is 6.08. The molecule has 3 aromatic rings. The molecule has 5 nitrogen and oxygen atoms in total. The van der Waals surface area contributed by atoms with Crippen molar-refractivity contribution in [1.29, 1.82) is 0 Å². The Morgan fingerprint density at radius 2 is 2.00 bits per heavy atom. The lowest BCUT2D eigenvalue weighted by molar-refractivity contribution is -0.142. The Morgan fingerprint density at radius 1 is 1.22 bits per heavy atom. The van der Waals surface area contributed by atoms with Gasteiger partial charge < -0.3 is 20.3 Å². The van der Waals surface area contributed by atoms with Gasteiger partial charge in [-0.25, -0.2) is 0 Å². The van der Waals surface area contributed by atoms with E-state index in [0.29, 0.717) is 36.5 Å². The molecular formula is C25H27NO4S2. The highest BCUT2D eigenvalue weighted by Gasteiger charge is 2.26. The van der Waals surface area contributed by atoms with Crippen LogP contribution in [0.15, 0.2) is 59.3 Å². The van der Waals surface area contributed by atoms with Crippen molar-refractivity contribution < 1.29 is 19.4 Å². The standard InChI is InChI=1S/C25H27NO4S2/c1-3-18(25(27)28)12-22(20-7-5-4-6-16(20)2)30-23-13-19(8-9-21(23)24(26)31)29-14-17-10-11-32-15-17/h4-11,13,15,18,22H,3,12,14H2,1-2H3,(H2,26,31)(H,27,28). The molecular weight excluding hydrogens is 442 g/mol. The highest BCUT2D eigenvalue weighted by molar-refractivity contribution is 7.80. The molecule has 0 aliphatic carbocycles. The van der Waals surface area contributed by atoms with Gasteiger partial charge in [-0.05, 0) is 59.0 Å². The number of rotatable bonds is 11. The fourth-order valence-electron chi connectivity index (χ4n) is 3.48. The van der Waals surface area contributed by atoms with Gasteiger partial charge in [0.05, 0.1) is 11.5 Å². The maximum Gasteiger partial charge on any atom is 0.306 e. The van der Waals surface area contributed by atoms with Crippen molar-refractivity contribution in [2.75, 3.05) is 0 Å². The van der Waals surface area contributed by atoms with Gasteiger partial charge in [0.15, 0.2) is 0 Å². The van der Waals surface area contributed by atoms with E-state index in [1.165, 1.54) is 0 Å². The van der Waals surface area contributed by atoms with E-state index >= 15 is 0 Å². The van der Waals surface area contributed by atoms with Crippen LogP contribution in [0.2, 0.25) is 0 Å². The number of nitrogens with two attached hydrogens (primary N) is 1. The number of aryl methyl sites for hydroxylation is 1. The molecule has 168 valence electrons. The van der Waals surface area contributed by atoms with Crippen molar-refractivity contribution in [3.8, 4) is 11.5 Å². The topological polar surface area (TPSA) is 81.8 Å². The minimum Gasteiger partial charge on any atom is -0.489 e. The second-order valence-electron chi connectivity index (χ2n) is 7.58. The van der Waals surface area contributed by atoms with Crippen LogP contribution in [0.1, 0.15) is 48.1 Å². The average Bonchev–Trinajstić information content (AvgIpc) is 3.29. The van der Waals surface area contributed by atoms with E-state index in [-0.39, 0.29) is 4.99 Å². The van der Waals surface area contributed by atoms with Gasteiger partial charge in [-0.3, -0.25) is 4.79 Å². The summed E-state index contributed by atoms with van der Waals surface area (Å²) >= 11 is 6.85. The fourth-order valence-corrected chi connectivity index (χ4v) is 4.30. The Balaban J connectivity index is 1.93. The van der Waals surface area contributed by atoms with Gasteiger partial charge in [0, 0.05) is 12.5 Å². The Bertz CT molecular complexity index is 1070. The number of carboxylic acids is 1. The van der Waals surface area contributed by atoms with E-state index < -0.39 is 18.0 Å². The normalized spacial score (nSPS) is 12.7. The van der Waals surface area contributed by atoms with Crippen LogP contribution in [-0.4, -0.2) is 16.1 Å². The Kier molecular flexibility index (Phi) is 8.25. The van der Waals surface area contributed by atoms with E-state index in [9.17, 15) is 9.90 Å². The Hall–Kier alpha value is -2.90. The maximum atomic E-state index is 11.7. The van der Waals surface area contributed by atoms with Crippen molar-refractivity contribution >= 4 is 34.5 Å². The lowest BCUT2D eigenvalue weighted by atomic mass is 9.92. The summed E-state index contributed by atoms with van der Waals surface area (Å²) < 4.78 is 12.4. The molecule has 0 saturated heterocycles. The monoisotopic (exact) mass is 469 g/mol. The molecule has 2 atom stereocenters. The molecule has 0 radical (unpaired) electrons. The smallest absolute Gasteiger partial charge is 0.306 e. The predicted octanol–water partition coefficient (Wildman–Crippen LogP) is 5.89. The van der Waals surface area contributed by atoms with Gasteiger partial charge in [0.2, 0.25) is 0 Å². The number of carbonyl (C=O) groups is 1. The zero-order valence-electron chi connectivity index (χ0n) is 18.1. The molecule has 0 aliphatic rings. The molecule has 0 bridgehead atoms. The number of ether oxygens (including phenoxy) is 2.